The second-order valence-electron chi connectivity index (χ2n) is 6.15. The van der Waals surface area contributed by atoms with Crippen LogP contribution in [0, 0.1) is 12.7 Å². The van der Waals surface area contributed by atoms with Crippen molar-refractivity contribution in [3.63, 3.8) is 0 Å². The minimum absolute atomic E-state index is 0.341. The van der Waals surface area contributed by atoms with Gasteiger partial charge >= 0.3 is 0 Å². The highest BCUT2D eigenvalue weighted by Gasteiger charge is 2.08. The van der Waals surface area contributed by atoms with Crippen molar-refractivity contribution in [2.75, 3.05) is 5.32 Å². The fraction of sp³-hybridized carbons (Fsp3) is 0.0455. The van der Waals surface area contributed by atoms with Crippen LogP contribution in [-0.4, -0.2) is 18.0 Å². The molecule has 3 aromatic rings. The molecule has 28 heavy (non-hydrogen) atoms. The molecule has 0 saturated carbocycles. The molecular weight excluding hydrogens is 357 g/mol. The number of hydrogen-bond donors (Lipinski definition) is 2. The van der Waals surface area contributed by atoms with E-state index in [1.807, 2.05) is 31.2 Å². The van der Waals surface area contributed by atoms with E-state index >= 15 is 0 Å². The minimum atomic E-state index is -0.406. The Morgan fingerprint density at radius 2 is 1.39 bits per heavy atom. The van der Waals surface area contributed by atoms with Gasteiger partial charge in [-0.3, -0.25) is 9.59 Å². The zero-order chi connectivity index (χ0) is 19.9. The number of nitrogens with zero attached hydrogens (tertiary/aromatic N) is 1. The van der Waals surface area contributed by atoms with E-state index in [1.165, 1.54) is 24.3 Å². The summed E-state index contributed by atoms with van der Waals surface area (Å²) in [5.41, 5.74) is 5.75. The van der Waals surface area contributed by atoms with Crippen molar-refractivity contribution in [3.05, 3.63) is 101 Å². The lowest BCUT2D eigenvalue weighted by molar-refractivity contribution is 0.0954. The van der Waals surface area contributed by atoms with Gasteiger partial charge < -0.3 is 5.32 Å². The lowest BCUT2D eigenvalue weighted by atomic mass is 10.1. The molecule has 0 unspecified atom stereocenters. The van der Waals surface area contributed by atoms with Crippen molar-refractivity contribution in [2.45, 2.75) is 6.92 Å². The molecule has 0 aliphatic carbocycles. The summed E-state index contributed by atoms with van der Waals surface area (Å²) in [6, 6.07) is 19.4. The maximum absolute atomic E-state index is 12.9. The number of rotatable bonds is 5. The summed E-state index contributed by atoms with van der Waals surface area (Å²) in [6.07, 6.45) is 1.56. The van der Waals surface area contributed by atoms with E-state index in [0.29, 0.717) is 16.8 Å². The maximum Gasteiger partial charge on any atom is 0.271 e. The van der Waals surface area contributed by atoms with Crippen molar-refractivity contribution in [1.29, 1.82) is 0 Å². The Hall–Kier alpha value is -3.80. The predicted molar refractivity (Wildman–Crippen MR) is 107 cm³/mol. The molecule has 0 heterocycles. The molecular formula is C22H18FN3O2. The largest absolute Gasteiger partial charge is 0.322 e. The van der Waals surface area contributed by atoms with Crippen LogP contribution >= 0.6 is 0 Å². The summed E-state index contributed by atoms with van der Waals surface area (Å²) in [5.74, 6) is -1.13. The highest BCUT2D eigenvalue weighted by atomic mass is 19.1. The third-order valence-corrected chi connectivity index (χ3v) is 3.97. The van der Waals surface area contributed by atoms with Gasteiger partial charge in [-0.05, 0) is 61.0 Å². The maximum atomic E-state index is 12.9. The second-order valence-corrected chi connectivity index (χ2v) is 6.15. The zero-order valence-electron chi connectivity index (χ0n) is 15.1. The topological polar surface area (TPSA) is 70.6 Å². The first-order chi connectivity index (χ1) is 13.5. The van der Waals surface area contributed by atoms with Crippen LogP contribution in [0.3, 0.4) is 0 Å². The molecule has 0 radical (unpaired) electrons. The Balaban J connectivity index is 1.57. The van der Waals surface area contributed by atoms with Gasteiger partial charge in [0.05, 0.1) is 6.21 Å². The van der Waals surface area contributed by atoms with E-state index in [9.17, 15) is 14.0 Å². The van der Waals surface area contributed by atoms with Crippen LogP contribution in [0.5, 0.6) is 0 Å². The number of hydrazone groups is 1. The molecule has 2 amide bonds. The second kappa shape index (κ2) is 8.73. The van der Waals surface area contributed by atoms with E-state index in [1.54, 1.807) is 30.5 Å². The van der Waals surface area contributed by atoms with Crippen LogP contribution in [0.25, 0.3) is 0 Å². The van der Waals surface area contributed by atoms with E-state index in [2.05, 4.69) is 15.8 Å². The van der Waals surface area contributed by atoms with E-state index in [-0.39, 0.29) is 11.8 Å². The first-order valence-electron chi connectivity index (χ1n) is 8.58. The lowest BCUT2D eigenvalue weighted by Gasteiger charge is -2.06. The number of hydrogen-bond acceptors (Lipinski definition) is 3. The van der Waals surface area contributed by atoms with E-state index in [4.69, 9.17) is 0 Å². The molecule has 6 heteroatoms. The third kappa shape index (κ3) is 5.11. The van der Waals surface area contributed by atoms with Crippen molar-refractivity contribution in [3.8, 4) is 0 Å². The van der Waals surface area contributed by atoms with Gasteiger partial charge in [-0.2, -0.15) is 5.10 Å². The summed E-state index contributed by atoms with van der Waals surface area (Å²) in [6.45, 7) is 1.99. The lowest BCUT2D eigenvalue weighted by Crippen LogP contribution is -2.17. The minimum Gasteiger partial charge on any atom is -0.322 e. The Morgan fingerprint density at radius 1 is 0.821 bits per heavy atom. The number of amides is 2. The van der Waals surface area contributed by atoms with E-state index < -0.39 is 5.82 Å². The van der Waals surface area contributed by atoms with Gasteiger partial charge in [-0.25, -0.2) is 9.82 Å². The standard InChI is InChI=1S/C22H18FN3O2/c1-15-2-4-16(5-3-15)14-24-26-22(28)18-8-12-20(13-9-18)25-21(27)17-6-10-19(23)11-7-17/h2-14H,1H3,(H,25,27)(H,26,28)/b24-14+. The fourth-order valence-corrected chi connectivity index (χ4v) is 2.39. The number of aryl methyl sites for hydroxylation is 1. The van der Waals surface area contributed by atoms with Crippen LogP contribution in [0.15, 0.2) is 77.9 Å². The van der Waals surface area contributed by atoms with Crippen molar-refractivity contribution in [2.24, 2.45) is 5.10 Å². The van der Waals surface area contributed by atoms with Crippen LogP contribution < -0.4 is 10.7 Å². The van der Waals surface area contributed by atoms with Crippen LogP contribution in [-0.2, 0) is 0 Å². The normalized spacial score (nSPS) is 10.6. The van der Waals surface area contributed by atoms with Gasteiger partial charge in [0.1, 0.15) is 5.82 Å². The molecule has 5 nitrogen and oxygen atoms in total. The molecule has 0 spiro atoms. The highest BCUT2D eigenvalue weighted by molar-refractivity contribution is 6.04. The summed E-state index contributed by atoms with van der Waals surface area (Å²) >= 11 is 0. The van der Waals surface area contributed by atoms with Crippen LogP contribution in [0.2, 0.25) is 0 Å². The molecule has 0 aliphatic heterocycles. The molecule has 0 atom stereocenters. The summed E-state index contributed by atoms with van der Waals surface area (Å²) < 4.78 is 12.9. The number of anilines is 1. The Labute approximate surface area is 161 Å². The Morgan fingerprint density at radius 3 is 2.04 bits per heavy atom. The molecule has 3 aromatic carbocycles. The average molecular weight is 375 g/mol. The van der Waals surface area contributed by atoms with Crippen molar-refractivity contribution >= 4 is 23.7 Å². The zero-order valence-corrected chi connectivity index (χ0v) is 15.1. The molecule has 3 rings (SSSR count). The quantitative estimate of drug-likeness (QED) is 0.519. The van der Waals surface area contributed by atoms with Crippen LogP contribution in [0.1, 0.15) is 31.8 Å². The molecule has 140 valence electrons. The average Bonchev–Trinajstić information content (AvgIpc) is 2.70. The highest BCUT2D eigenvalue weighted by Crippen LogP contribution is 2.12. The predicted octanol–water partition coefficient (Wildman–Crippen LogP) is 4.15. The number of carbonyl (C=O) groups excluding carboxylic acids is 2. The van der Waals surface area contributed by atoms with Gasteiger partial charge in [0.25, 0.3) is 11.8 Å². The fourth-order valence-electron chi connectivity index (χ4n) is 2.39. The summed E-state index contributed by atoms with van der Waals surface area (Å²) in [7, 11) is 0. The van der Waals surface area contributed by atoms with Gasteiger partial charge in [0.15, 0.2) is 0 Å². The number of nitrogens with one attached hydrogen (secondary N) is 2. The number of carbonyl (C=O) groups is 2. The smallest absolute Gasteiger partial charge is 0.271 e. The number of halogens is 1. The molecule has 0 saturated heterocycles. The van der Waals surface area contributed by atoms with Gasteiger partial charge in [-0.15, -0.1) is 0 Å². The van der Waals surface area contributed by atoms with Crippen molar-refractivity contribution < 1.29 is 14.0 Å². The van der Waals surface area contributed by atoms with Crippen LogP contribution in [0.4, 0.5) is 10.1 Å². The molecule has 0 aliphatic rings. The summed E-state index contributed by atoms with van der Waals surface area (Å²) in [5, 5.41) is 6.63. The SMILES string of the molecule is Cc1ccc(/C=N/NC(=O)c2ccc(NC(=O)c3ccc(F)cc3)cc2)cc1. The first-order valence-corrected chi connectivity index (χ1v) is 8.58. The van der Waals surface area contributed by atoms with Gasteiger partial charge in [-0.1, -0.05) is 29.8 Å². The van der Waals surface area contributed by atoms with Gasteiger partial charge in [0.2, 0.25) is 0 Å². The number of benzene rings is 3. The molecule has 0 fully saturated rings. The summed E-state index contributed by atoms with van der Waals surface area (Å²) in [4.78, 5) is 24.2. The molecule has 2 N–H and O–H groups in total. The Kier molecular flexibility index (Phi) is 5.91. The monoisotopic (exact) mass is 375 g/mol. The first kappa shape index (κ1) is 19.0. The van der Waals surface area contributed by atoms with E-state index in [0.717, 1.165) is 11.1 Å². The molecule has 0 aromatic heterocycles. The molecule has 0 bridgehead atoms. The Bertz CT molecular complexity index is 995. The van der Waals surface area contributed by atoms with Crippen molar-refractivity contribution in [1.82, 2.24) is 5.43 Å². The van der Waals surface area contributed by atoms with Gasteiger partial charge in [0, 0.05) is 16.8 Å². The third-order valence-electron chi connectivity index (χ3n) is 3.97.